The number of nitrogens with one attached hydrogen (secondary N) is 2. The average Bonchev–Trinajstić information content (AvgIpc) is 2.97. The first kappa shape index (κ1) is 18.0. The molecular formula is C21H24N2O3. The van der Waals surface area contributed by atoms with Gasteiger partial charge in [0, 0.05) is 6.04 Å². The van der Waals surface area contributed by atoms with Crippen LogP contribution in [0.3, 0.4) is 0 Å². The minimum atomic E-state index is -0.494. The lowest BCUT2D eigenvalue weighted by Gasteiger charge is -2.23. The van der Waals surface area contributed by atoms with Crippen LogP contribution in [0.2, 0.25) is 0 Å². The van der Waals surface area contributed by atoms with Crippen molar-refractivity contribution in [1.29, 1.82) is 0 Å². The zero-order valence-electron chi connectivity index (χ0n) is 14.9. The van der Waals surface area contributed by atoms with Crippen molar-refractivity contribution < 1.29 is 14.3 Å². The molecule has 0 saturated carbocycles. The van der Waals surface area contributed by atoms with Crippen LogP contribution in [0.25, 0.3) is 0 Å². The average molecular weight is 352 g/mol. The van der Waals surface area contributed by atoms with E-state index in [1.807, 2.05) is 67.6 Å². The zero-order valence-corrected chi connectivity index (χ0v) is 14.9. The van der Waals surface area contributed by atoms with Gasteiger partial charge in [0.05, 0.1) is 12.0 Å². The molecule has 1 saturated heterocycles. The van der Waals surface area contributed by atoms with E-state index >= 15 is 0 Å². The molecule has 0 aliphatic carbocycles. The molecule has 1 heterocycles. The Morgan fingerprint density at radius 3 is 2.27 bits per heavy atom. The summed E-state index contributed by atoms with van der Waals surface area (Å²) in [4.78, 5) is 24.7. The molecule has 0 unspecified atom stereocenters. The van der Waals surface area contributed by atoms with Gasteiger partial charge in [-0.1, -0.05) is 67.6 Å². The molecule has 3 rings (SSSR count). The molecule has 1 aliphatic heterocycles. The Labute approximate surface area is 153 Å². The molecule has 0 bridgehead atoms. The Balaban J connectivity index is 1.63. The molecule has 0 radical (unpaired) electrons. The Morgan fingerprint density at radius 1 is 1.04 bits per heavy atom. The minimum Gasteiger partial charge on any atom is -0.445 e. The van der Waals surface area contributed by atoms with Gasteiger partial charge in [-0.05, 0) is 24.0 Å². The van der Waals surface area contributed by atoms with Gasteiger partial charge in [0.2, 0.25) is 5.91 Å². The highest BCUT2D eigenvalue weighted by Gasteiger charge is 2.42. The number of carbonyl (C=O) groups is 2. The topological polar surface area (TPSA) is 67.4 Å². The molecule has 1 fully saturated rings. The van der Waals surface area contributed by atoms with Gasteiger partial charge in [-0.3, -0.25) is 4.79 Å². The number of carbonyl (C=O) groups excluding carboxylic acids is 2. The van der Waals surface area contributed by atoms with Gasteiger partial charge in [-0.15, -0.1) is 0 Å². The van der Waals surface area contributed by atoms with Gasteiger partial charge in [-0.2, -0.15) is 0 Å². The smallest absolute Gasteiger partial charge is 0.407 e. The van der Waals surface area contributed by atoms with Crippen molar-refractivity contribution in [2.75, 3.05) is 0 Å². The molecule has 2 amide bonds. The van der Waals surface area contributed by atoms with Gasteiger partial charge in [0.1, 0.15) is 6.61 Å². The van der Waals surface area contributed by atoms with Crippen LogP contribution in [0, 0.1) is 5.92 Å². The Kier molecular flexibility index (Phi) is 5.89. The Bertz CT molecular complexity index is 733. The third-order valence-corrected chi connectivity index (χ3v) is 4.77. The molecular weight excluding hydrogens is 328 g/mol. The van der Waals surface area contributed by atoms with Crippen LogP contribution >= 0.6 is 0 Å². The molecule has 0 spiro atoms. The summed E-state index contributed by atoms with van der Waals surface area (Å²) in [5.41, 5.74) is 2.00. The van der Waals surface area contributed by atoms with Gasteiger partial charge in [0.25, 0.3) is 0 Å². The lowest BCUT2D eigenvalue weighted by molar-refractivity contribution is -0.122. The number of alkyl carbamates (subject to hydrolysis) is 1. The third-order valence-electron chi connectivity index (χ3n) is 4.77. The number of hydrogen-bond acceptors (Lipinski definition) is 3. The van der Waals surface area contributed by atoms with Crippen LogP contribution in [0.4, 0.5) is 4.79 Å². The van der Waals surface area contributed by atoms with E-state index in [2.05, 4.69) is 10.6 Å². The van der Waals surface area contributed by atoms with E-state index in [0.717, 1.165) is 17.5 Å². The van der Waals surface area contributed by atoms with Crippen molar-refractivity contribution in [2.45, 2.75) is 38.5 Å². The van der Waals surface area contributed by atoms with E-state index in [1.165, 1.54) is 0 Å². The summed E-state index contributed by atoms with van der Waals surface area (Å²) >= 11 is 0. The molecule has 5 nitrogen and oxygen atoms in total. The van der Waals surface area contributed by atoms with E-state index in [0.29, 0.717) is 6.42 Å². The summed E-state index contributed by atoms with van der Waals surface area (Å²) in [7, 11) is 0. The van der Waals surface area contributed by atoms with E-state index < -0.39 is 6.09 Å². The molecule has 26 heavy (non-hydrogen) atoms. The van der Waals surface area contributed by atoms with Crippen LogP contribution in [0.5, 0.6) is 0 Å². The molecule has 5 heteroatoms. The number of rotatable bonds is 6. The number of hydrogen-bond donors (Lipinski definition) is 2. The fourth-order valence-corrected chi connectivity index (χ4v) is 3.37. The van der Waals surface area contributed by atoms with E-state index in [9.17, 15) is 9.59 Å². The molecule has 0 aromatic heterocycles. The van der Waals surface area contributed by atoms with Gasteiger partial charge in [-0.25, -0.2) is 4.79 Å². The number of amides is 2. The first-order chi connectivity index (χ1) is 12.7. The SMILES string of the molecule is CC[C@H]1NC(=O)[C@@H](Cc2ccccc2)[C@@H]1NC(=O)OCc1ccccc1. The van der Waals surface area contributed by atoms with E-state index in [4.69, 9.17) is 4.74 Å². The molecule has 2 N–H and O–H groups in total. The van der Waals surface area contributed by atoms with Crippen molar-refractivity contribution in [1.82, 2.24) is 10.6 Å². The van der Waals surface area contributed by atoms with Crippen molar-refractivity contribution >= 4 is 12.0 Å². The largest absolute Gasteiger partial charge is 0.445 e. The van der Waals surface area contributed by atoms with E-state index in [-0.39, 0.29) is 30.5 Å². The predicted molar refractivity (Wildman–Crippen MR) is 99.4 cm³/mol. The minimum absolute atomic E-state index is 0.0194. The van der Waals surface area contributed by atoms with Crippen molar-refractivity contribution in [2.24, 2.45) is 5.92 Å². The molecule has 3 atom stereocenters. The highest BCUT2D eigenvalue weighted by Crippen LogP contribution is 2.23. The second-order valence-electron chi connectivity index (χ2n) is 6.55. The fourth-order valence-electron chi connectivity index (χ4n) is 3.37. The maximum atomic E-state index is 12.4. The summed E-state index contributed by atoms with van der Waals surface area (Å²) < 4.78 is 5.33. The van der Waals surface area contributed by atoms with Gasteiger partial charge >= 0.3 is 6.09 Å². The predicted octanol–water partition coefficient (Wildman–Crippen LogP) is 3.05. The summed E-state index contributed by atoms with van der Waals surface area (Å²) in [6.45, 7) is 2.21. The van der Waals surface area contributed by atoms with Gasteiger partial charge in [0.15, 0.2) is 0 Å². The normalized spacial score (nSPS) is 21.9. The molecule has 2 aromatic rings. The van der Waals surface area contributed by atoms with Crippen molar-refractivity contribution in [3.63, 3.8) is 0 Å². The van der Waals surface area contributed by atoms with Crippen LogP contribution in [-0.4, -0.2) is 24.1 Å². The van der Waals surface area contributed by atoms with E-state index in [1.54, 1.807) is 0 Å². The lowest BCUT2D eigenvalue weighted by Crippen LogP contribution is -2.46. The summed E-state index contributed by atoms with van der Waals surface area (Å²) in [6, 6.07) is 19.0. The monoisotopic (exact) mass is 352 g/mol. The van der Waals surface area contributed by atoms with Gasteiger partial charge < -0.3 is 15.4 Å². The summed E-state index contributed by atoms with van der Waals surface area (Å²) in [6.07, 6.45) is 0.847. The fraction of sp³-hybridized carbons (Fsp3) is 0.333. The summed E-state index contributed by atoms with van der Waals surface area (Å²) in [5.74, 6) is -0.319. The summed E-state index contributed by atoms with van der Waals surface area (Å²) in [5, 5.41) is 5.90. The number of benzene rings is 2. The first-order valence-corrected chi connectivity index (χ1v) is 8.99. The second-order valence-corrected chi connectivity index (χ2v) is 6.55. The quantitative estimate of drug-likeness (QED) is 0.840. The molecule has 136 valence electrons. The molecule has 1 aliphatic rings. The highest BCUT2D eigenvalue weighted by molar-refractivity contribution is 5.84. The Morgan fingerprint density at radius 2 is 1.65 bits per heavy atom. The van der Waals surface area contributed by atoms with Crippen LogP contribution in [-0.2, 0) is 22.6 Å². The van der Waals surface area contributed by atoms with Crippen LogP contribution in [0.1, 0.15) is 24.5 Å². The maximum Gasteiger partial charge on any atom is 0.407 e. The van der Waals surface area contributed by atoms with Crippen LogP contribution < -0.4 is 10.6 Å². The second kappa shape index (κ2) is 8.52. The molecule has 2 aromatic carbocycles. The zero-order chi connectivity index (χ0) is 18.4. The standard InChI is InChI=1S/C21H24N2O3/c1-2-18-19(23-21(25)26-14-16-11-7-4-8-12-16)17(20(24)22-18)13-15-9-5-3-6-10-15/h3-12,17-19H,2,13-14H2,1H3,(H,22,24)(H,23,25)/t17-,18+,19-/m0/s1. The van der Waals surface area contributed by atoms with Crippen LogP contribution in [0.15, 0.2) is 60.7 Å². The maximum absolute atomic E-state index is 12.4. The third kappa shape index (κ3) is 4.42. The first-order valence-electron chi connectivity index (χ1n) is 8.99. The van der Waals surface area contributed by atoms with Crippen molar-refractivity contribution in [3.05, 3.63) is 71.8 Å². The lowest BCUT2D eigenvalue weighted by atomic mass is 9.90. The van der Waals surface area contributed by atoms with Crippen molar-refractivity contribution in [3.8, 4) is 0 Å². The Hall–Kier alpha value is -2.82. The number of ether oxygens (including phenoxy) is 1. The highest BCUT2D eigenvalue weighted by atomic mass is 16.5.